The van der Waals surface area contributed by atoms with Gasteiger partial charge in [0.05, 0.1) is 41.3 Å². The third-order valence-corrected chi connectivity index (χ3v) is 20.1. The van der Waals surface area contributed by atoms with E-state index in [0.717, 1.165) is 136 Å². The van der Waals surface area contributed by atoms with Crippen LogP contribution in [0.3, 0.4) is 0 Å². The Bertz CT molecular complexity index is 3760. The second-order valence-corrected chi connectivity index (χ2v) is 28.9. The van der Waals surface area contributed by atoms with Crippen molar-refractivity contribution in [1.29, 1.82) is 0 Å². The summed E-state index contributed by atoms with van der Waals surface area (Å²) in [6, 6.07) is 35.0. The van der Waals surface area contributed by atoms with Gasteiger partial charge in [0, 0.05) is 183 Å². The van der Waals surface area contributed by atoms with E-state index >= 15 is 0 Å². The predicted molar refractivity (Wildman–Crippen MR) is 397 cm³/mol. The number of aromatic carboxylic acids is 1. The van der Waals surface area contributed by atoms with Crippen LogP contribution in [0, 0.1) is 43.1 Å². The molecule has 105 heavy (non-hydrogen) atoms. The Hall–Kier alpha value is -8.27. The first-order valence-electron chi connectivity index (χ1n) is 36.8. The van der Waals surface area contributed by atoms with Gasteiger partial charge in [0.25, 0.3) is 17.3 Å². The standard InChI is InChI=1S/C22H26FN3O3.C14H19N3O2.C14H21N3.C13H15FO5.C9H17N.C6H4FNO2.Fe/c1-29-20-14-15(13-19(23)21(20)27)22(28)24-16-3-5-17(6-4-16)25-9-2-10-26(12-11-25)18-7-8-18;18-17(19)14-6-4-13(5-7-14)16-9-1-8-15(10-11-16)12-2-3-12;15-12-2-4-13(5-3-12)16-8-1-9-17(11-10-16)14-6-7-14;1-13(2)5-18-12(19-6-13)8-3-7(11(16)17)4-9(14)10(8)15;1-2-4-8-10(7-3-1)9-5-6-9;7-5-1-3-6(4-2-5)8(9)10;/h3-6,13-14,18,27H,2,7-12H2,1H3,(H,24,28);4-7,12H,1-3,8-11H2;2-5,14H,1,6-11,15H2;3-4,12,15H,5-6H2,1-2H3,(H,16,17);9H,1-8H2;1-4H;. The minimum atomic E-state index is -1.28. The smallest absolute Gasteiger partial charge is 0.335 e. The largest absolute Gasteiger partial charge is 0.504 e. The number of aromatic hydroxyl groups is 2. The number of likely N-dealkylation sites (tertiary alicyclic amines) is 1. The summed E-state index contributed by atoms with van der Waals surface area (Å²) in [5.41, 5.74) is 10.5. The number of nitro groups is 2. The Morgan fingerprint density at radius 2 is 0.895 bits per heavy atom. The number of hydrogen-bond donors (Lipinski definition) is 5. The van der Waals surface area contributed by atoms with Crippen molar-refractivity contribution < 1.29 is 79.2 Å². The van der Waals surface area contributed by atoms with Crippen LogP contribution in [-0.4, -0.2) is 193 Å². The van der Waals surface area contributed by atoms with Crippen LogP contribution >= 0.6 is 0 Å². The topological polar surface area (TPSA) is 270 Å². The van der Waals surface area contributed by atoms with Crippen LogP contribution in [0.15, 0.2) is 121 Å². The SMILES string of the molecule is C1CCCN(C2CC2)CC1.CC1(C)COC(c2cc(C(=O)O)cc(F)c2O)OC1.COc1cc(C(=O)Nc2ccc(N3CCCN(C4CC4)CC3)cc2)cc(F)c1O.Nc1ccc(N2CCCN(C3CC3)CC2)cc1.O=[N+]([O-])c1ccc(F)cc1.O=[N+]([O-])c1ccc(N2CCCN(C3CC3)CC2)cc1.[Fe]. The number of non-ortho nitro benzene ring substituents is 2. The van der Waals surface area contributed by atoms with E-state index in [1.54, 1.807) is 12.1 Å². The first kappa shape index (κ1) is 80.8. The molecule has 15 rings (SSSR count). The van der Waals surface area contributed by atoms with Gasteiger partial charge in [-0.1, -0.05) is 26.7 Å². The van der Waals surface area contributed by atoms with Crippen molar-refractivity contribution >= 4 is 51.7 Å². The molecule has 4 aliphatic carbocycles. The van der Waals surface area contributed by atoms with Crippen LogP contribution in [0.1, 0.15) is 143 Å². The van der Waals surface area contributed by atoms with E-state index in [2.05, 4.69) is 51.7 Å². The molecule has 0 radical (unpaired) electrons. The molecule has 1 amide bonds. The first-order chi connectivity index (χ1) is 50.1. The summed E-state index contributed by atoms with van der Waals surface area (Å²) in [5, 5.41) is 51.5. The number of carbonyl (C=O) groups is 2. The summed E-state index contributed by atoms with van der Waals surface area (Å²) in [6.07, 6.45) is 19.7. The van der Waals surface area contributed by atoms with Gasteiger partial charge in [-0.2, -0.15) is 0 Å². The molecule has 5 saturated heterocycles. The number of halogens is 3. The number of carboxylic acid groups (broad SMARTS) is 1. The molecule has 6 aromatic carbocycles. The molecule has 0 bridgehead atoms. The molecule has 570 valence electrons. The molecule has 27 heteroatoms. The second-order valence-electron chi connectivity index (χ2n) is 28.9. The fourth-order valence-corrected chi connectivity index (χ4v) is 13.5. The Morgan fingerprint density at radius 3 is 1.30 bits per heavy atom. The van der Waals surface area contributed by atoms with E-state index < -0.39 is 52.0 Å². The number of anilines is 5. The molecule has 0 unspecified atom stereocenters. The van der Waals surface area contributed by atoms with Crippen molar-refractivity contribution in [1.82, 2.24) is 19.6 Å². The number of hydrogen-bond acceptors (Lipinski definition) is 19. The fraction of sp³-hybridized carbons (Fsp3) is 0.513. The maximum Gasteiger partial charge on any atom is 0.335 e. The molecule has 5 heterocycles. The molecule has 0 spiro atoms. The molecular formula is C78H102F3FeN11O12. The number of nitrogens with zero attached hydrogens (tertiary/aromatic N) is 9. The number of amides is 1. The Labute approximate surface area is 624 Å². The van der Waals surface area contributed by atoms with Crippen molar-refractivity contribution in [2.24, 2.45) is 5.41 Å². The molecule has 6 N–H and O–H groups in total. The van der Waals surface area contributed by atoms with Crippen molar-refractivity contribution in [2.45, 2.75) is 141 Å². The van der Waals surface area contributed by atoms with Gasteiger partial charge < -0.3 is 60.2 Å². The van der Waals surface area contributed by atoms with E-state index in [9.17, 15) is 53.2 Å². The number of rotatable bonds is 14. The van der Waals surface area contributed by atoms with Gasteiger partial charge in [-0.05, 0) is 194 Å². The summed E-state index contributed by atoms with van der Waals surface area (Å²) in [5.74, 6) is -5.45. The summed E-state index contributed by atoms with van der Waals surface area (Å²) in [4.78, 5) is 60.8. The summed E-state index contributed by atoms with van der Waals surface area (Å²) in [7, 11) is 1.31. The monoisotopic (exact) mass is 1500 g/mol. The molecule has 9 fully saturated rings. The number of methoxy groups -OCH3 is 1. The maximum atomic E-state index is 13.8. The molecule has 0 aromatic heterocycles. The van der Waals surface area contributed by atoms with Crippen molar-refractivity contribution in [3.05, 3.63) is 176 Å². The normalized spacial score (nSPS) is 19.6. The van der Waals surface area contributed by atoms with Crippen LogP contribution in [0.2, 0.25) is 0 Å². The number of nitrogens with two attached hydrogens (primary N) is 1. The molecule has 0 atom stereocenters. The zero-order valence-corrected chi connectivity index (χ0v) is 61.6. The second kappa shape index (κ2) is 38.8. The van der Waals surface area contributed by atoms with Crippen LogP contribution < -0.4 is 30.5 Å². The molecule has 9 aliphatic rings. The summed E-state index contributed by atoms with van der Waals surface area (Å²) >= 11 is 0. The number of phenolic OH excluding ortho intramolecular Hbond substituents is 2. The van der Waals surface area contributed by atoms with Crippen LogP contribution in [0.4, 0.5) is 53.0 Å². The van der Waals surface area contributed by atoms with Gasteiger partial charge >= 0.3 is 5.97 Å². The molecular weight excluding hydrogens is 1400 g/mol. The van der Waals surface area contributed by atoms with Crippen molar-refractivity contribution in [2.75, 3.05) is 138 Å². The Kier molecular flexibility index (Phi) is 29.9. The average Bonchev–Trinajstić information content (AvgIpc) is 1.78. The Morgan fingerprint density at radius 1 is 0.514 bits per heavy atom. The van der Waals surface area contributed by atoms with Crippen molar-refractivity contribution in [3.63, 3.8) is 0 Å². The zero-order chi connectivity index (χ0) is 73.9. The molecule has 23 nitrogen and oxygen atoms in total. The number of carboxylic acids is 1. The van der Waals surface area contributed by atoms with E-state index in [4.69, 9.17) is 25.1 Å². The number of benzene rings is 6. The van der Waals surface area contributed by atoms with Gasteiger partial charge in [-0.25, -0.2) is 18.0 Å². The molecule has 5 aliphatic heterocycles. The quantitative estimate of drug-likeness (QED) is 0.0293. The number of nitro benzene ring substituents is 2. The van der Waals surface area contributed by atoms with Gasteiger partial charge in [-0.15, -0.1) is 0 Å². The summed E-state index contributed by atoms with van der Waals surface area (Å²) < 4.78 is 55.1. The minimum Gasteiger partial charge on any atom is -0.504 e. The van der Waals surface area contributed by atoms with Crippen LogP contribution in [0.5, 0.6) is 17.2 Å². The number of nitrogens with one attached hydrogen (secondary N) is 1. The minimum absolute atomic E-state index is 0. The predicted octanol–water partition coefficient (Wildman–Crippen LogP) is 13.7. The molecule has 4 saturated carbocycles. The van der Waals surface area contributed by atoms with E-state index in [1.807, 2.05) is 62.4 Å². The third-order valence-electron chi connectivity index (χ3n) is 20.1. The van der Waals surface area contributed by atoms with Crippen LogP contribution in [0.25, 0.3) is 0 Å². The summed E-state index contributed by atoms with van der Waals surface area (Å²) in [6.45, 7) is 20.9. The van der Waals surface area contributed by atoms with Crippen molar-refractivity contribution in [3.8, 4) is 17.2 Å². The number of phenols is 2. The van der Waals surface area contributed by atoms with Gasteiger partial charge in [0.15, 0.2) is 35.2 Å². The number of ether oxygens (including phenoxy) is 3. The zero-order valence-electron chi connectivity index (χ0n) is 60.5. The van der Waals surface area contributed by atoms with E-state index in [-0.39, 0.29) is 61.2 Å². The number of carbonyl (C=O) groups excluding carboxylic acids is 1. The fourth-order valence-electron chi connectivity index (χ4n) is 13.5. The first-order valence-corrected chi connectivity index (χ1v) is 36.8. The van der Waals surface area contributed by atoms with E-state index in [1.165, 1.54) is 155 Å². The van der Waals surface area contributed by atoms with E-state index in [0.29, 0.717) is 18.9 Å². The van der Waals surface area contributed by atoms with Gasteiger partial charge in [-0.3, -0.25) is 39.7 Å². The van der Waals surface area contributed by atoms with Gasteiger partial charge in [0.2, 0.25) is 0 Å². The molecule has 6 aromatic rings. The average molecular weight is 1500 g/mol. The number of nitrogen functional groups attached to an aromatic ring is 1. The third kappa shape index (κ3) is 24.9. The van der Waals surface area contributed by atoms with Crippen LogP contribution in [-0.2, 0) is 26.5 Å². The Balaban J connectivity index is 0.000000151. The van der Waals surface area contributed by atoms with Gasteiger partial charge in [0.1, 0.15) is 5.82 Å². The maximum absolute atomic E-state index is 13.8.